The predicted octanol–water partition coefficient (Wildman–Crippen LogP) is 4.19. The highest BCUT2D eigenvalue weighted by Crippen LogP contribution is 2.26. The summed E-state index contributed by atoms with van der Waals surface area (Å²) in [6.45, 7) is 0.558. The summed E-state index contributed by atoms with van der Waals surface area (Å²) in [5.74, 6) is -0.513. The summed E-state index contributed by atoms with van der Waals surface area (Å²) in [6.07, 6.45) is 0. The van der Waals surface area contributed by atoms with Gasteiger partial charge in [-0.15, -0.1) is 0 Å². The van der Waals surface area contributed by atoms with Crippen LogP contribution in [0.4, 0.5) is 13.9 Å². The Kier molecular flexibility index (Phi) is 3.13. The third-order valence-electron chi connectivity index (χ3n) is 2.71. The lowest BCUT2D eigenvalue weighted by molar-refractivity contribution is 0.627. The second-order valence-electron chi connectivity index (χ2n) is 4.11. The summed E-state index contributed by atoms with van der Waals surface area (Å²) in [4.78, 5) is 4.35. The number of halogens is 2. The van der Waals surface area contributed by atoms with Crippen molar-refractivity contribution in [2.24, 2.45) is 0 Å². The maximum atomic E-state index is 13.1. The minimum atomic E-state index is -0.263. The Bertz CT molecular complexity index is 707. The second kappa shape index (κ2) is 4.93. The average Bonchev–Trinajstić information content (AvgIpc) is 2.80. The fraction of sp³-hybridized carbons (Fsp3) is 0.0714. The molecule has 2 nitrogen and oxygen atoms in total. The van der Waals surface area contributed by atoms with Gasteiger partial charge in [-0.3, -0.25) is 0 Å². The minimum absolute atomic E-state index is 0.251. The van der Waals surface area contributed by atoms with Gasteiger partial charge in [0.05, 0.1) is 10.2 Å². The van der Waals surface area contributed by atoms with Crippen molar-refractivity contribution in [3.05, 3.63) is 59.7 Å². The maximum absolute atomic E-state index is 13.1. The lowest BCUT2D eigenvalue weighted by atomic mass is 10.2. The van der Waals surface area contributed by atoms with Crippen molar-refractivity contribution in [1.29, 1.82) is 0 Å². The van der Waals surface area contributed by atoms with Crippen LogP contribution in [0.25, 0.3) is 10.2 Å². The third-order valence-corrected chi connectivity index (χ3v) is 3.68. The fourth-order valence-electron chi connectivity index (χ4n) is 1.75. The molecule has 0 radical (unpaired) electrons. The lowest BCUT2D eigenvalue weighted by Gasteiger charge is -2.02. The summed E-state index contributed by atoms with van der Waals surface area (Å²) in [7, 11) is 0. The Morgan fingerprint density at radius 3 is 2.53 bits per heavy atom. The molecule has 0 aliphatic carbocycles. The summed E-state index contributed by atoms with van der Waals surface area (Å²) in [5, 5.41) is 3.88. The molecular weight excluding hydrogens is 266 g/mol. The molecule has 0 atom stereocenters. The quantitative estimate of drug-likeness (QED) is 0.776. The number of aromatic nitrogens is 1. The lowest BCUT2D eigenvalue weighted by Crippen LogP contribution is -1.98. The van der Waals surface area contributed by atoms with Gasteiger partial charge in [0.15, 0.2) is 5.13 Å². The highest BCUT2D eigenvalue weighted by molar-refractivity contribution is 7.22. The van der Waals surface area contributed by atoms with Crippen LogP contribution in [0.2, 0.25) is 0 Å². The van der Waals surface area contributed by atoms with Crippen LogP contribution in [-0.2, 0) is 6.54 Å². The van der Waals surface area contributed by atoms with Crippen molar-refractivity contribution in [3.8, 4) is 0 Å². The first-order valence-corrected chi connectivity index (χ1v) is 6.57. The zero-order chi connectivity index (χ0) is 13.2. The Hall–Kier alpha value is -2.01. The second-order valence-corrected chi connectivity index (χ2v) is 5.14. The molecule has 0 aliphatic rings. The van der Waals surface area contributed by atoms with Crippen LogP contribution in [0, 0.1) is 11.6 Å². The number of nitrogens with one attached hydrogen (secondary N) is 1. The van der Waals surface area contributed by atoms with E-state index in [0.29, 0.717) is 6.54 Å². The molecule has 96 valence electrons. The first kappa shape index (κ1) is 12.0. The van der Waals surface area contributed by atoms with Crippen molar-refractivity contribution in [2.75, 3.05) is 5.32 Å². The van der Waals surface area contributed by atoms with Gasteiger partial charge in [-0.05, 0) is 35.9 Å². The van der Waals surface area contributed by atoms with Gasteiger partial charge in [-0.25, -0.2) is 13.8 Å². The van der Waals surface area contributed by atoms with E-state index in [4.69, 9.17) is 0 Å². The van der Waals surface area contributed by atoms with E-state index in [1.807, 2.05) is 0 Å². The molecule has 3 aromatic rings. The molecule has 0 fully saturated rings. The van der Waals surface area contributed by atoms with Crippen LogP contribution in [-0.4, -0.2) is 4.98 Å². The molecule has 0 saturated heterocycles. The molecule has 5 heteroatoms. The Morgan fingerprint density at radius 2 is 1.74 bits per heavy atom. The number of anilines is 1. The van der Waals surface area contributed by atoms with Gasteiger partial charge in [0, 0.05) is 6.54 Å². The SMILES string of the molecule is Fc1ccc(CNc2nc3ccc(F)cc3s2)cc1. The minimum Gasteiger partial charge on any atom is -0.357 e. The van der Waals surface area contributed by atoms with Crippen LogP contribution in [0.5, 0.6) is 0 Å². The van der Waals surface area contributed by atoms with Gasteiger partial charge in [-0.1, -0.05) is 23.5 Å². The fourth-order valence-corrected chi connectivity index (χ4v) is 2.64. The van der Waals surface area contributed by atoms with Crippen LogP contribution in [0.1, 0.15) is 5.56 Å². The van der Waals surface area contributed by atoms with Crippen LogP contribution < -0.4 is 5.32 Å². The maximum Gasteiger partial charge on any atom is 0.184 e. The van der Waals surface area contributed by atoms with E-state index in [-0.39, 0.29) is 11.6 Å². The molecule has 1 aromatic heterocycles. The number of hydrogen-bond donors (Lipinski definition) is 1. The van der Waals surface area contributed by atoms with Crippen molar-refractivity contribution in [1.82, 2.24) is 4.98 Å². The Morgan fingerprint density at radius 1 is 1.00 bits per heavy atom. The van der Waals surface area contributed by atoms with E-state index >= 15 is 0 Å². The molecule has 1 heterocycles. The molecule has 1 N–H and O–H groups in total. The first-order valence-electron chi connectivity index (χ1n) is 5.75. The monoisotopic (exact) mass is 276 g/mol. The van der Waals surface area contributed by atoms with Crippen LogP contribution in [0.3, 0.4) is 0 Å². The van der Waals surface area contributed by atoms with Crippen molar-refractivity contribution < 1.29 is 8.78 Å². The number of rotatable bonds is 3. The van der Waals surface area contributed by atoms with Crippen molar-refractivity contribution in [2.45, 2.75) is 6.54 Å². The van der Waals surface area contributed by atoms with Gasteiger partial charge in [0.25, 0.3) is 0 Å². The van der Waals surface area contributed by atoms with E-state index in [2.05, 4.69) is 10.3 Å². The third kappa shape index (κ3) is 2.71. The van der Waals surface area contributed by atoms with Gasteiger partial charge < -0.3 is 5.32 Å². The number of hydrogen-bond acceptors (Lipinski definition) is 3. The number of nitrogens with zero attached hydrogens (tertiary/aromatic N) is 1. The normalized spacial score (nSPS) is 10.8. The van der Waals surface area contributed by atoms with Gasteiger partial charge in [-0.2, -0.15) is 0 Å². The van der Waals surface area contributed by atoms with Crippen molar-refractivity contribution in [3.63, 3.8) is 0 Å². The molecule has 0 aliphatic heterocycles. The smallest absolute Gasteiger partial charge is 0.184 e. The molecule has 0 spiro atoms. The van der Waals surface area contributed by atoms with E-state index in [1.54, 1.807) is 18.2 Å². The molecule has 0 unspecified atom stereocenters. The highest BCUT2D eigenvalue weighted by Gasteiger charge is 2.04. The number of thiazole rings is 1. The molecule has 0 bridgehead atoms. The number of benzene rings is 2. The summed E-state index contributed by atoms with van der Waals surface area (Å²) >= 11 is 1.40. The van der Waals surface area contributed by atoms with Crippen LogP contribution >= 0.6 is 11.3 Å². The van der Waals surface area contributed by atoms with Crippen molar-refractivity contribution >= 4 is 26.7 Å². The Labute approximate surface area is 112 Å². The predicted molar refractivity (Wildman–Crippen MR) is 73.3 cm³/mol. The first-order chi connectivity index (χ1) is 9.20. The molecular formula is C14H10F2N2S. The molecule has 0 saturated carbocycles. The molecule has 3 rings (SSSR count). The summed E-state index contributed by atoms with van der Waals surface area (Å²) < 4.78 is 26.6. The highest BCUT2D eigenvalue weighted by atomic mass is 32.1. The van der Waals surface area contributed by atoms with E-state index in [9.17, 15) is 8.78 Å². The van der Waals surface area contributed by atoms with E-state index in [0.717, 1.165) is 20.9 Å². The molecule has 0 amide bonds. The van der Waals surface area contributed by atoms with Crippen LogP contribution in [0.15, 0.2) is 42.5 Å². The summed E-state index contributed by atoms with van der Waals surface area (Å²) in [6, 6.07) is 10.8. The topological polar surface area (TPSA) is 24.9 Å². The largest absolute Gasteiger partial charge is 0.357 e. The number of fused-ring (bicyclic) bond motifs is 1. The average molecular weight is 276 g/mol. The van der Waals surface area contributed by atoms with E-state index in [1.165, 1.54) is 35.6 Å². The van der Waals surface area contributed by atoms with Gasteiger partial charge >= 0.3 is 0 Å². The van der Waals surface area contributed by atoms with Gasteiger partial charge in [0.2, 0.25) is 0 Å². The van der Waals surface area contributed by atoms with Gasteiger partial charge in [0.1, 0.15) is 11.6 Å². The standard InChI is InChI=1S/C14H10F2N2S/c15-10-3-1-9(2-4-10)8-17-14-18-12-6-5-11(16)7-13(12)19-14/h1-7H,8H2,(H,17,18). The van der Waals surface area contributed by atoms with E-state index < -0.39 is 0 Å². The zero-order valence-electron chi connectivity index (χ0n) is 9.86. The summed E-state index contributed by atoms with van der Waals surface area (Å²) in [5.41, 5.74) is 1.74. The Balaban J connectivity index is 1.76. The molecule has 2 aromatic carbocycles. The zero-order valence-corrected chi connectivity index (χ0v) is 10.7. The molecule has 19 heavy (non-hydrogen) atoms.